The van der Waals surface area contributed by atoms with E-state index in [1.807, 2.05) is 77.9 Å². The van der Waals surface area contributed by atoms with Crippen LogP contribution < -0.4 is 15.4 Å². The number of hydrogen-bond acceptors (Lipinski definition) is 6. The van der Waals surface area contributed by atoms with Crippen molar-refractivity contribution in [2.75, 3.05) is 19.0 Å². The van der Waals surface area contributed by atoms with E-state index in [0.29, 0.717) is 22.2 Å². The summed E-state index contributed by atoms with van der Waals surface area (Å²) in [5.74, 6) is 0.288. The molecule has 1 saturated heterocycles. The monoisotopic (exact) mass is 556 g/mol. The van der Waals surface area contributed by atoms with Crippen LogP contribution in [-0.2, 0) is 4.79 Å². The van der Waals surface area contributed by atoms with Crippen molar-refractivity contribution >= 4 is 34.6 Å². The lowest BCUT2D eigenvalue weighted by molar-refractivity contribution is -0.384. The summed E-state index contributed by atoms with van der Waals surface area (Å²) in [7, 11) is 1.53. The van der Waals surface area contributed by atoms with Gasteiger partial charge in [0.1, 0.15) is 12.3 Å². The Kier molecular flexibility index (Phi) is 7.47. The minimum absolute atomic E-state index is 0.0124. The maximum atomic E-state index is 13.2. The molecule has 0 bridgehead atoms. The molecule has 1 amide bonds. The highest BCUT2D eigenvalue weighted by Gasteiger charge is 2.42. The molecule has 2 atom stereocenters. The molecule has 0 aliphatic carbocycles. The van der Waals surface area contributed by atoms with E-state index in [9.17, 15) is 14.9 Å². The van der Waals surface area contributed by atoms with Gasteiger partial charge in [-0.1, -0.05) is 24.3 Å². The fourth-order valence-corrected chi connectivity index (χ4v) is 5.52. The van der Waals surface area contributed by atoms with Crippen molar-refractivity contribution in [1.29, 1.82) is 0 Å². The summed E-state index contributed by atoms with van der Waals surface area (Å²) in [6.07, 6.45) is 1.72. The Morgan fingerprint density at radius 2 is 1.88 bits per heavy atom. The normalized spacial score (nSPS) is 16.5. The number of ether oxygens (including phenoxy) is 1. The number of amides is 1. The van der Waals surface area contributed by atoms with Gasteiger partial charge < -0.3 is 24.8 Å². The van der Waals surface area contributed by atoms with E-state index in [2.05, 4.69) is 15.6 Å². The number of nitro groups is 1. The van der Waals surface area contributed by atoms with Crippen molar-refractivity contribution in [3.05, 3.63) is 112 Å². The standard InChI is InChI=1S/C29H28N6O4S/c1-18-15-22(19(2)34(18)24-16-21(35(37)38)12-13-25(24)39-3)28-27(23-11-7-8-14-30-23)32-29(40)33(28)17-26(36)31-20-9-5-4-6-10-20/h4-16,27-28H,17H2,1-3H3,(H,31,36)(H,32,40)/t27-,28+/m0/s1. The molecule has 0 saturated carbocycles. The van der Waals surface area contributed by atoms with Crippen LogP contribution >= 0.6 is 12.2 Å². The van der Waals surface area contributed by atoms with Crippen LogP contribution in [0.5, 0.6) is 5.75 Å². The summed E-state index contributed by atoms with van der Waals surface area (Å²) in [5.41, 5.74) is 4.56. The van der Waals surface area contributed by atoms with Gasteiger partial charge in [-0.3, -0.25) is 19.9 Å². The first-order valence-electron chi connectivity index (χ1n) is 12.6. The lowest BCUT2D eigenvalue weighted by Gasteiger charge is -2.27. The molecule has 11 heteroatoms. The Balaban J connectivity index is 1.59. The highest BCUT2D eigenvalue weighted by molar-refractivity contribution is 7.80. The molecule has 1 aliphatic heterocycles. The predicted molar refractivity (Wildman–Crippen MR) is 156 cm³/mol. The molecule has 2 aromatic carbocycles. The van der Waals surface area contributed by atoms with Gasteiger partial charge in [-0.15, -0.1) is 0 Å². The number of thiocarbonyl (C=S) groups is 1. The maximum absolute atomic E-state index is 13.2. The van der Waals surface area contributed by atoms with Gasteiger partial charge in [0.15, 0.2) is 5.11 Å². The zero-order valence-corrected chi connectivity index (χ0v) is 23.0. The number of carbonyl (C=O) groups is 1. The average molecular weight is 557 g/mol. The first kappa shape index (κ1) is 26.8. The molecular formula is C29H28N6O4S. The number of para-hydroxylation sites is 1. The Morgan fingerprint density at radius 1 is 1.12 bits per heavy atom. The van der Waals surface area contributed by atoms with Crippen LogP contribution in [0.4, 0.5) is 11.4 Å². The summed E-state index contributed by atoms with van der Waals surface area (Å²) in [5, 5.41) is 18.3. The van der Waals surface area contributed by atoms with Crippen LogP contribution in [-0.4, -0.2) is 44.0 Å². The van der Waals surface area contributed by atoms with Crippen LogP contribution in [0.25, 0.3) is 5.69 Å². The zero-order valence-electron chi connectivity index (χ0n) is 22.2. The fourth-order valence-electron chi connectivity index (χ4n) is 5.22. The van der Waals surface area contributed by atoms with E-state index < -0.39 is 4.92 Å². The summed E-state index contributed by atoms with van der Waals surface area (Å²) < 4.78 is 7.50. The molecule has 2 N–H and O–H groups in total. The molecule has 5 rings (SSSR count). The van der Waals surface area contributed by atoms with E-state index in [4.69, 9.17) is 17.0 Å². The number of hydrogen-bond donors (Lipinski definition) is 2. The van der Waals surface area contributed by atoms with E-state index >= 15 is 0 Å². The largest absolute Gasteiger partial charge is 0.495 e. The number of aryl methyl sites for hydroxylation is 1. The second kappa shape index (κ2) is 11.1. The quantitative estimate of drug-likeness (QED) is 0.177. The number of nitrogens with one attached hydrogen (secondary N) is 2. The Hall–Kier alpha value is -4.77. The van der Waals surface area contributed by atoms with Crippen LogP contribution in [0.1, 0.15) is 34.7 Å². The number of rotatable bonds is 8. The molecule has 1 fully saturated rings. The van der Waals surface area contributed by atoms with Crippen molar-refractivity contribution in [2.45, 2.75) is 25.9 Å². The molecule has 204 valence electrons. The van der Waals surface area contributed by atoms with Gasteiger partial charge in [0.05, 0.1) is 35.5 Å². The number of non-ortho nitro benzene ring substituents is 1. The number of methoxy groups -OCH3 is 1. The van der Waals surface area contributed by atoms with Gasteiger partial charge in [0, 0.05) is 35.4 Å². The topological polar surface area (TPSA) is 115 Å². The van der Waals surface area contributed by atoms with Crippen molar-refractivity contribution < 1.29 is 14.5 Å². The van der Waals surface area contributed by atoms with Gasteiger partial charge in [0.2, 0.25) is 5.91 Å². The maximum Gasteiger partial charge on any atom is 0.271 e. The minimum Gasteiger partial charge on any atom is -0.495 e. The lowest BCUT2D eigenvalue weighted by atomic mass is 9.96. The van der Waals surface area contributed by atoms with Gasteiger partial charge >= 0.3 is 0 Å². The first-order chi connectivity index (χ1) is 19.3. The van der Waals surface area contributed by atoms with E-state index in [1.165, 1.54) is 19.2 Å². The average Bonchev–Trinajstić information content (AvgIpc) is 3.43. The molecule has 3 heterocycles. The second-order valence-corrected chi connectivity index (χ2v) is 9.83. The zero-order chi connectivity index (χ0) is 28.4. The number of anilines is 1. The highest BCUT2D eigenvalue weighted by atomic mass is 32.1. The van der Waals surface area contributed by atoms with E-state index in [1.54, 1.807) is 12.3 Å². The SMILES string of the molecule is COc1ccc([N+](=O)[O-])cc1-n1c(C)cc([C@@H]2[C@H](c3ccccn3)NC(=S)N2CC(=O)Nc2ccccc2)c1C. The summed E-state index contributed by atoms with van der Waals surface area (Å²) in [4.78, 5) is 30.7. The minimum atomic E-state index is -0.429. The number of benzene rings is 2. The van der Waals surface area contributed by atoms with Gasteiger partial charge in [-0.05, 0) is 68.0 Å². The van der Waals surface area contributed by atoms with Crippen LogP contribution in [0.3, 0.4) is 0 Å². The van der Waals surface area contributed by atoms with E-state index in [0.717, 1.165) is 22.6 Å². The van der Waals surface area contributed by atoms with Crippen molar-refractivity contribution in [1.82, 2.24) is 19.8 Å². The van der Waals surface area contributed by atoms with Crippen LogP contribution in [0.15, 0.2) is 79.0 Å². The molecule has 1 aliphatic rings. The van der Waals surface area contributed by atoms with Gasteiger partial charge in [0.25, 0.3) is 5.69 Å². The van der Waals surface area contributed by atoms with Gasteiger partial charge in [-0.2, -0.15) is 0 Å². The number of carbonyl (C=O) groups excluding carboxylic acids is 1. The second-order valence-electron chi connectivity index (χ2n) is 9.44. The molecular weight excluding hydrogens is 528 g/mol. The number of aromatic nitrogens is 2. The molecule has 10 nitrogen and oxygen atoms in total. The Bertz CT molecular complexity index is 1570. The smallest absolute Gasteiger partial charge is 0.271 e. The first-order valence-corrected chi connectivity index (χ1v) is 13.0. The highest BCUT2D eigenvalue weighted by Crippen LogP contribution is 2.42. The molecule has 2 aromatic heterocycles. The third-order valence-electron chi connectivity index (χ3n) is 6.97. The third-order valence-corrected chi connectivity index (χ3v) is 7.32. The molecule has 0 unspecified atom stereocenters. The molecule has 0 radical (unpaired) electrons. The number of nitrogens with zero attached hydrogens (tertiary/aromatic N) is 4. The molecule has 0 spiro atoms. The van der Waals surface area contributed by atoms with Crippen molar-refractivity contribution in [3.8, 4) is 11.4 Å². The summed E-state index contributed by atoms with van der Waals surface area (Å²) in [6.45, 7) is 3.88. The number of nitro benzene ring substituents is 1. The predicted octanol–water partition coefficient (Wildman–Crippen LogP) is 5.02. The Morgan fingerprint density at radius 3 is 2.55 bits per heavy atom. The van der Waals surface area contributed by atoms with Crippen LogP contribution in [0, 0.1) is 24.0 Å². The fraction of sp³-hybridized carbons (Fsp3) is 0.207. The molecule has 4 aromatic rings. The van der Waals surface area contributed by atoms with E-state index in [-0.39, 0.29) is 30.2 Å². The van der Waals surface area contributed by atoms with Crippen molar-refractivity contribution in [2.24, 2.45) is 0 Å². The lowest BCUT2D eigenvalue weighted by Crippen LogP contribution is -2.37. The van der Waals surface area contributed by atoms with Gasteiger partial charge in [-0.25, -0.2) is 0 Å². The summed E-state index contributed by atoms with van der Waals surface area (Å²) in [6, 6.07) is 20.7. The molecule has 40 heavy (non-hydrogen) atoms. The third kappa shape index (κ3) is 5.10. The Labute approximate surface area is 236 Å². The van der Waals surface area contributed by atoms with Crippen molar-refractivity contribution in [3.63, 3.8) is 0 Å². The number of pyridine rings is 1. The van der Waals surface area contributed by atoms with Crippen LogP contribution in [0.2, 0.25) is 0 Å². The summed E-state index contributed by atoms with van der Waals surface area (Å²) >= 11 is 5.74.